The predicted octanol–water partition coefficient (Wildman–Crippen LogP) is 4.49. The fraction of sp³-hybridized carbons (Fsp3) is 0.455. The average molecular weight is 338 g/mol. The molecule has 1 saturated carbocycles. The van der Waals surface area contributed by atoms with Crippen LogP contribution in [0.25, 0.3) is 0 Å². The van der Waals surface area contributed by atoms with Crippen LogP contribution in [0.5, 0.6) is 5.75 Å². The standard InChI is InChI=1S/C22H30N2O/c1-24(23-17-5-8-18-6-3-2-4-7-18)21-13-9-19(10-14-21)20-11-15-22(25)16-12-20/h2-4,6-7,11-12,15-16,19,21,23,25H,5,8-10,13-14,17H2,1H3. The Morgan fingerprint density at radius 3 is 2.32 bits per heavy atom. The van der Waals surface area contributed by atoms with Crippen LogP contribution in [0.4, 0.5) is 0 Å². The number of aryl methyl sites for hydroxylation is 1. The van der Waals surface area contributed by atoms with Crippen LogP contribution in [0.2, 0.25) is 0 Å². The van der Waals surface area contributed by atoms with E-state index in [2.05, 4.69) is 59.9 Å². The molecule has 25 heavy (non-hydrogen) atoms. The second kappa shape index (κ2) is 9.02. The van der Waals surface area contributed by atoms with Crippen molar-refractivity contribution in [3.05, 3.63) is 65.7 Å². The highest BCUT2D eigenvalue weighted by atomic mass is 16.3. The molecule has 0 amide bonds. The van der Waals surface area contributed by atoms with Gasteiger partial charge in [-0.05, 0) is 67.7 Å². The molecule has 2 aromatic rings. The number of nitrogens with one attached hydrogen (secondary N) is 1. The van der Waals surface area contributed by atoms with E-state index in [0.29, 0.717) is 17.7 Å². The lowest BCUT2D eigenvalue weighted by Crippen LogP contribution is -2.44. The maximum Gasteiger partial charge on any atom is 0.115 e. The van der Waals surface area contributed by atoms with Crippen molar-refractivity contribution < 1.29 is 5.11 Å². The smallest absolute Gasteiger partial charge is 0.115 e. The molecule has 0 atom stereocenters. The van der Waals surface area contributed by atoms with Crippen LogP contribution in [-0.4, -0.2) is 29.7 Å². The summed E-state index contributed by atoms with van der Waals surface area (Å²) in [5, 5.41) is 11.8. The zero-order valence-electron chi connectivity index (χ0n) is 15.2. The van der Waals surface area contributed by atoms with Gasteiger partial charge in [0.1, 0.15) is 5.75 Å². The molecule has 2 N–H and O–H groups in total. The van der Waals surface area contributed by atoms with Crippen LogP contribution in [0, 0.1) is 0 Å². The Labute approximate surface area is 151 Å². The highest BCUT2D eigenvalue weighted by Crippen LogP contribution is 2.34. The largest absolute Gasteiger partial charge is 0.508 e. The van der Waals surface area contributed by atoms with Crippen molar-refractivity contribution in [3.8, 4) is 5.75 Å². The van der Waals surface area contributed by atoms with Gasteiger partial charge in [0.25, 0.3) is 0 Å². The maximum atomic E-state index is 9.43. The average Bonchev–Trinajstić information content (AvgIpc) is 2.67. The van der Waals surface area contributed by atoms with Crippen molar-refractivity contribution in [2.45, 2.75) is 50.5 Å². The Balaban J connectivity index is 1.36. The Bertz CT molecular complexity index is 618. The number of benzene rings is 2. The number of hydrogen-bond donors (Lipinski definition) is 2. The van der Waals surface area contributed by atoms with Crippen molar-refractivity contribution in [1.29, 1.82) is 0 Å². The number of hydrazine groups is 1. The highest BCUT2D eigenvalue weighted by Gasteiger charge is 2.24. The first-order chi connectivity index (χ1) is 12.2. The Morgan fingerprint density at radius 1 is 0.960 bits per heavy atom. The topological polar surface area (TPSA) is 35.5 Å². The molecule has 0 aliphatic heterocycles. The fourth-order valence-corrected chi connectivity index (χ4v) is 3.86. The molecular formula is C22H30N2O. The molecule has 0 unspecified atom stereocenters. The van der Waals surface area contributed by atoms with Crippen molar-refractivity contribution >= 4 is 0 Å². The summed E-state index contributed by atoms with van der Waals surface area (Å²) in [6.07, 6.45) is 7.21. The monoisotopic (exact) mass is 338 g/mol. The third-order valence-electron chi connectivity index (χ3n) is 5.46. The third kappa shape index (κ3) is 5.32. The van der Waals surface area contributed by atoms with Gasteiger partial charge in [0, 0.05) is 19.6 Å². The van der Waals surface area contributed by atoms with Crippen molar-refractivity contribution in [3.63, 3.8) is 0 Å². The van der Waals surface area contributed by atoms with Gasteiger partial charge >= 0.3 is 0 Å². The van der Waals surface area contributed by atoms with Crippen LogP contribution < -0.4 is 5.43 Å². The first-order valence-electron chi connectivity index (χ1n) is 9.51. The molecule has 0 heterocycles. The number of phenols is 1. The van der Waals surface area contributed by atoms with Crippen molar-refractivity contribution in [1.82, 2.24) is 10.4 Å². The normalized spacial score (nSPS) is 20.7. The molecule has 0 saturated heterocycles. The molecule has 1 fully saturated rings. The van der Waals surface area contributed by atoms with Crippen molar-refractivity contribution in [2.24, 2.45) is 0 Å². The molecule has 2 aromatic carbocycles. The number of hydrogen-bond acceptors (Lipinski definition) is 3. The van der Waals surface area contributed by atoms with Crippen molar-refractivity contribution in [2.75, 3.05) is 13.6 Å². The quantitative estimate of drug-likeness (QED) is 0.577. The minimum atomic E-state index is 0.358. The van der Waals surface area contributed by atoms with Gasteiger partial charge in [-0.2, -0.15) is 0 Å². The van der Waals surface area contributed by atoms with Crippen LogP contribution in [0.3, 0.4) is 0 Å². The summed E-state index contributed by atoms with van der Waals surface area (Å²) in [5.74, 6) is 1.00. The first kappa shape index (κ1) is 18.0. The summed E-state index contributed by atoms with van der Waals surface area (Å²) in [6, 6.07) is 19.1. The summed E-state index contributed by atoms with van der Waals surface area (Å²) >= 11 is 0. The predicted molar refractivity (Wildman–Crippen MR) is 104 cm³/mol. The summed E-state index contributed by atoms with van der Waals surface area (Å²) < 4.78 is 0. The number of nitrogens with zero attached hydrogens (tertiary/aromatic N) is 1. The fourth-order valence-electron chi connectivity index (χ4n) is 3.86. The molecule has 1 aliphatic carbocycles. The van der Waals surface area contributed by atoms with E-state index in [-0.39, 0.29) is 0 Å². The second-order valence-electron chi connectivity index (χ2n) is 7.21. The minimum Gasteiger partial charge on any atom is -0.508 e. The summed E-state index contributed by atoms with van der Waals surface area (Å²) in [7, 11) is 2.19. The minimum absolute atomic E-state index is 0.358. The van der Waals surface area contributed by atoms with Gasteiger partial charge in [-0.15, -0.1) is 0 Å². The van der Waals surface area contributed by atoms with Gasteiger partial charge in [0.05, 0.1) is 0 Å². The van der Waals surface area contributed by atoms with E-state index in [4.69, 9.17) is 0 Å². The molecule has 0 radical (unpaired) electrons. The summed E-state index contributed by atoms with van der Waals surface area (Å²) in [5.41, 5.74) is 6.37. The lowest BCUT2D eigenvalue weighted by Gasteiger charge is -2.35. The first-order valence-corrected chi connectivity index (χ1v) is 9.51. The van der Waals surface area contributed by atoms with Crippen LogP contribution in [0.1, 0.15) is 49.1 Å². The molecule has 3 rings (SSSR count). The highest BCUT2D eigenvalue weighted by molar-refractivity contribution is 5.28. The zero-order valence-corrected chi connectivity index (χ0v) is 15.2. The van der Waals surface area contributed by atoms with E-state index in [1.165, 1.54) is 36.8 Å². The zero-order chi connectivity index (χ0) is 17.5. The van der Waals surface area contributed by atoms with Crippen LogP contribution >= 0.6 is 0 Å². The molecule has 3 nitrogen and oxygen atoms in total. The van der Waals surface area contributed by atoms with E-state index in [1.54, 1.807) is 0 Å². The van der Waals surface area contributed by atoms with Gasteiger partial charge in [0.2, 0.25) is 0 Å². The Morgan fingerprint density at radius 2 is 1.64 bits per heavy atom. The molecule has 0 aromatic heterocycles. The van der Waals surface area contributed by atoms with E-state index in [9.17, 15) is 5.11 Å². The summed E-state index contributed by atoms with van der Waals surface area (Å²) in [6.45, 7) is 1.03. The van der Waals surface area contributed by atoms with Gasteiger partial charge in [-0.3, -0.25) is 5.43 Å². The van der Waals surface area contributed by atoms with E-state index in [0.717, 1.165) is 19.4 Å². The Kier molecular flexibility index (Phi) is 6.48. The van der Waals surface area contributed by atoms with Gasteiger partial charge in [-0.25, -0.2) is 5.01 Å². The molecular weight excluding hydrogens is 308 g/mol. The molecule has 0 bridgehead atoms. The van der Waals surface area contributed by atoms with E-state index < -0.39 is 0 Å². The van der Waals surface area contributed by atoms with Gasteiger partial charge in [0.15, 0.2) is 0 Å². The second-order valence-corrected chi connectivity index (χ2v) is 7.21. The maximum absolute atomic E-state index is 9.43. The number of aromatic hydroxyl groups is 1. The lowest BCUT2D eigenvalue weighted by molar-refractivity contribution is 0.123. The SMILES string of the molecule is CN(NCCCc1ccccc1)C1CCC(c2ccc(O)cc2)CC1. The number of rotatable bonds is 7. The molecule has 134 valence electrons. The molecule has 3 heteroatoms. The molecule has 1 aliphatic rings. The summed E-state index contributed by atoms with van der Waals surface area (Å²) in [4.78, 5) is 0. The van der Waals surface area contributed by atoms with Crippen LogP contribution in [0.15, 0.2) is 54.6 Å². The Hall–Kier alpha value is -1.84. The van der Waals surface area contributed by atoms with E-state index >= 15 is 0 Å². The third-order valence-corrected chi connectivity index (χ3v) is 5.46. The lowest BCUT2D eigenvalue weighted by atomic mass is 9.81. The molecule has 0 spiro atoms. The van der Waals surface area contributed by atoms with Crippen LogP contribution in [-0.2, 0) is 6.42 Å². The number of phenolic OH excluding ortho intramolecular Hbond substituents is 1. The van der Waals surface area contributed by atoms with Gasteiger partial charge < -0.3 is 5.11 Å². The van der Waals surface area contributed by atoms with Gasteiger partial charge in [-0.1, -0.05) is 42.5 Å². The van der Waals surface area contributed by atoms with E-state index in [1.807, 2.05) is 12.1 Å².